The predicted molar refractivity (Wildman–Crippen MR) is 110 cm³/mol. The van der Waals surface area contributed by atoms with Crippen LogP contribution in [0, 0.1) is 0 Å². The molecule has 0 aliphatic carbocycles. The van der Waals surface area contributed by atoms with Gasteiger partial charge in [0.25, 0.3) is 5.91 Å². The van der Waals surface area contributed by atoms with Gasteiger partial charge in [-0.1, -0.05) is 11.6 Å². The van der Waals surface area contributed by atoms with Gasteiger partial charge in [-0.05, 0) is 38.2 Å². The molecule has 8 nitrogen and oxygen atoms in total. The van der Waals surface area contributed by atoms with Crippen LogP contribution in [0.15, 0.2) is 23.3 Å². The SMILES string of the molecule is CN1CCN(CCCN2C(=O)CN(/N=C3\CCOc4ccc(Cl)cc43)C2=O)CC1. The molecule has 4 rings (SSSR count). The Morgan fingerprint density at radius 3 is 2.72 bits per heavy atom. The predicted octanol–water partition coefficient (Wildman–Crippen LogP) is 1.73. The monoisotopic (exact) mass is 419 g/mol. The molecule has 9 heteroatoms. The smallest absolute Gasteiger partial charge is 0.347 e. The van der Waals surface area contributed by atoms with Crippen molar-refractivity contribution in [1.82, 2.24) is 19.7 Å². The van der Waals surface area contributed by atoms with Gasteiger partial charge in [-0.3, -0.25) is 9.69 Å². The number of piperazine rings is 1. The van der Waals surface area contributed by atoms with Crippen molar-refractivity contribution in [1.29, 1.82) is 0 Å². The number of ether oxygens (including phenoxy) is 1. The highest BCUT2D eigenvalue weighted by Gasteiger charge is 2.36. The number of nitrogens with zero attached hydrogens (tertiary/aromatic N) is 5. The molecule has 0 radical (unpaired) electrons. The maximum absolute atomic E-state index is 12.7. The fraction of sp³-hybridized carbons (Fsp3) is 0.550. The van der Waals surface area contributed by atoms with Gasteiger partial charge in [0.2, 0.25) is 0 Å². The standard InChI is InChI=1S/C20H26ClN5O3/c1-23-8-10-24(11-9-23)6-2-7-25-19(27)14-26(20(25)28)22-17-5-12-29-18-4-3-15(21)13-16(17)18/h3-4,13H,2,5-12,14H2,1H3/b22-17+. The number of rotatable bonds is 5. The molecule has 3 aliphatic rings. The number of carbonyl (C=O) groups excluding carboxylic acids is 2. The van der Waals surface area contributed by atoms with Gasteiger partial charge in [0.1, 0.15) is 12.3 Å². The zero-order chi connectivity index (χ0) is 20.4. The van der Waals surface area contributed by atoms with E-state index in [4.69, 9.17) is 16.3 Å². The third-order valence-electron chi connectivity index (χ3n) is 5.58. The first-order valence-electron chi connectivity index (χ1n) is 10.0. The van der Waals surface area contributed by atoms with Crippen LogP contribution in [0.4, 0.5) is 4.79 Å². The average molecular weight is 420 g/mol. The Morgan fingerprint density at radius 1 is 1.14 bits per heavy atom. The minimum Gasteiger partial charge on any atom is -0.492 e. The first-order valence-corrected chi connectivity index (χ1v) is 10.4. The molecular formula is C20H26ClN5O3. The van der Waals surface area contributed by atoms with Crippen LogP contribution in [0.25, 0.3) is 0 Å². The summed E-state index contributed by atoms with van der Waals surface area (Å²) in [6.07, 6.45) is 1.34. The topological polar surface area (TPSA) is 68.7 Å². The van der Waals surface area contributed by atoms with Crippen LogP contribution in [0.1, 0.15) is 18.4 Å². The van der Waals surface area contributed by atoms with Crippen molar-refractivity contribution in [3.63, 3.8) is 0 Å². The van der Waals surface area contributed by atoms with Crippen molar-refractivity contribution in [2.24, 2.45) is 5.10 Å². The van der Waals surface area contributed by atoms with Crippen molar-refractivity contribution >= 4 is 29.3 Å². The Morgan fingerprint density at radius 2 is 1.93 bits per heavy atom. The molecule has 156 valence electrons. The highest BCUT2D eigenvalue weighted by molar-refractivity contribution is 6.31. The van der Waals surface area contributed by atoms with Gasteiger partial charge in [0, 0.05) is 49.7 Å². The quantitative estimate of drug-likeness (QED) is 0.680. The van der Waals surface area contributed by atoms with Crippen molar-refractivity contribution in [2.45, 2.75) is 12.8 Å². The van der Waals surface area contributed by atoms with Crippen molar-refractivity contribution in [3.8, 4) is 5.75 Å². The van der Waals surface area contributed by atoms with Crippen LogP contribution in [-0.2, 0) is 4.79 Å². The van der Waals surface area contributed by atoms with Gasteiger partial charge in [-0.25, -0.2) is 9.80 Å². The van der Waals surface area contributed by atoms with Crippen LogP contribution in [0.2, 0.25) is 5.02 Å². The summed E-state index contributed by atoms with van der Waals surface area (Å²) in [4.78, 5) is 31.1. The third kappa shape index (κ3) is 4.55. The van der Waals surface area contributed by atoms with E-state index in [0.29, 0.717) is 36.1 Å². The fourth-order valence-electron chi connectivity index (χ4n) is 3.84. The van der Waals surface area contributed by atoms with E-state index in [9.17, 15) is 9.59 Å². The third-order valence-corrected chi connectivity index (χ3v) is 5.82. The lowest BCUT2D eigenvalue weighted by Gasteiger charge is -2.32. The maximum Gasteiger partial charge on any atom is 0.347 e. The number of hydrazone groups is 1. The largest absolute Gasteiger partial charge is 0.492 e. The number of amides is 3. The Bertz CT molecular complexity index is 822. The second-order valence-electron chi connectivity index (χ2n) is 7.67. The number of fused-ring (bicyclic) bond motifs is 1. The lowest BCUT2D eigenvalue weighted by atomic mass is 10.0. The lowest BCUT2D eigenvalue weighted by Crippen LogP contribution is -2.45. The Kier molecular flexibility index (Phi) is 6.03. The summed E-state index contributed by atoms with van der Waals surface area (Å²) in [7, 11) is 2.12. The maximum atomic E-state index is 12.7. The van der Waals surface area contributed by atoms with E-state index < -0.39 is 0 Å². The van der Waals surface area contributed by atoms with E-state index in [1.165, 1.54) is 9.91 Å². The highest BCUT2D eigenvalue weighted by atomic mass is 35.5. The molecule has 2 saturated heterocycles. The molecule has 3 amide bonds. The van der Waals surface area contributed by atoms with Crippen molar-refractivity contribution in [3.05, 3.63) is 28.8 Å². The molecule has 3 aliphatic heterocycles. The molecular weight excluding hydrogens is 394 g/mol. The second kappa shape index (κ2) is 8.69. The molecule has 2 fully saturated rings. The van der Waals surface area contributed by atoms with Crippen molar-refractivity contribution in [2.75, 3.05) is 59.5 Å². The molecule has 0 saturated carbocycles. The summed E-state index contributed by atoms with van der Waals surface area (Å²) >= 11 is 6.10. The Hall–Kier alpha value is -2.16. The minimum absolute atomic E-state index is 0.0202. The molecule has 0 spiro atoms. The number of hydrogen-bond acceptors (Lipinski definition) is 6. The van der Waals surface area contributed by atoms with E-state index >= 15 is 0 Å². The van der Waals surface area contributed by atoms with Gasteiger partial charge in [0.05, 0.1) is 12.3 Å². The van der Waals surface area contributed by atoms with Crippen molar-refractivity contribution < 1.29 is 14.3 Å². The van der Waals surface area contributed by atoms with Crippen LogP contribution in [-0.4, -0.2) is 96.8 Å². The van der Waals surface area contributed by atoms with Crippen LogP contribution in [0.5, 0.6) is 5.75 Å². The number of likely N-dealkylation sites (N-methyl/N-ethyl adjacent to an activating group) is 1. The van der Waals surface area contributed by atoms with Gasteiger partial charge in [0.15, 0.2) is 0 Å². The van der Waals surface area contributed by atoms with Gasteiger partial charge in [-0.15, -0.1) is 0 Å². The van der Waals surface area contributed by atoms with Gasteiger partial charge >= 0.3 is 6.03 Å². The summed E-state index contributed by atoms with van der Waals surface area (Å²) < 4.78 is 5.63. The second-order valence-corrected chi connectivity index (χ2v) is 8.11. The zero-order valence-corrected chi connectivity index (χ0v) is 17.4. The molecule has 1 aromatic carbocycles. The van der Waals surface area contributed by atoms with E-state index in [1.807, 2.05) is 0 Å². The molecule has 0 unspecified atom stereocenters. The van der Waals surface area contributed by atoms with Crippen LogP contribution >= 0.6 is 11.6 Å². The van der Waals surface area contributed by atoms with Crippen LogP contribution in [0.3, 0.4) is 0 Å². The molecule has 29 heavy (non-hydrogen) atoms. The molecule has 0 bridgehead atoms. The highest BCUT2D eigenvalue weighted by Crippen LogP contribution is 2.28. The first kappa shape index (κ1) is 20.1. The lowest BCUT2D eigenvalue weighted by molar-refractivity contribution is -0.125. The fourth-order valence-corrected chi connectivity index (χ4v) is 4.02. The number of hydrogen-bond donors (Lipinski definition) is 0. The van der Waals surface area contributed by atoms with E-state index in [0.717, 1.165) is 44.7 Å². The average Bonchev–Trinajstić information content (AvgIpc) is 2.97. The minimum atomic E-state index is -0.351. The van der Waals surface area contributed by atoms with E-state index in [1.54, 1.807) is 18.2 Å². The number of carbonyl (C=O) groups is 2. The number of imide groups is 1. The molecule has 0 N–H and O–H groups in total. The Balaban J connectivity index is 1.37. The summed E-state index contributed by atoms with van der Waals surface area (Å²) in [5.74, 6) is 0.498. The summed E-state index contributed by atoms with van der Waals surface area (Å²) in [6.45, 7) is 5.96. The number of halogens is 1. The molecule has 0 atom stereocenters. The van der Waals surface area contributed by atoms with E-state index in [2.05, 4.69) is 21.9 Å². The Labute approximate surface area is 175 Å². The molecule has 0 aromatic heterocycles. The normalized spacial score (nSPS) is 22.3. The molecule has 1 aromatic rings. The van der Waals surface area contributed by atoms with Crippen LogP contribution < -0.4 is 4.74 Å². The van der Waals surface area contributed by atoms with Gasteiger partial charge < -0.3 is 14.5 Å². The summed E-state index contributed by atoms with van der Waals surface area (Å²) in [6, 6.07) is 4.99. The first-order chi connectivity index (χ1) is 14.0. The summed E-state index contributed by atoms with van der Waals surface area (Å²) in [5, 5.41) is 6.34. The summed E-state index contributed by atoms with van der Waals surface area (Å²) in [5.41, 5.74) is 1.49. The zero-order valence-electron chi connectivity index (χ0n) is 16.6. The van der Waals surface area contributed by atoms with E-state index in [-0.39, 0.29) is 18.5 Å². The number of benzene rings is 1. The molecule has 3 heterocycles. The number of urea groups is 1. The van der Waals surface area contributed by atoms with Gasteiger partial charge in [-0.2, -0.15) is 5.10 Å².